The minimum atomic E-state index is -0.813. The molecule has 2 atom stereocenters. The number of nitrogens with two attached hydrogens (primary N) is 1. The van der Waals surface area contributed by atoms with E-state index < -0.39 is 6.10 Å². The normalized spacial score (nSPS) is 13.9. The first-order valence-corrected chi connectivity index (χ1v) is 10.9. The number of ether oxygens (including phenoxy) is 1. The van der Waals surface area contributed by atoms with Crippen LogP contribution in [0.4, 0.5) is 0 Å². The van der Waals surface area contributed by atoms with E-state index in [-0.39, 0.29) is 19.4 Å². The maximum Gasteiger partial charge on any atom is 0.105 e. The largest absolute Gasteiger partial charge is 0.394 e. The summed E-state index contributed by atoms with van der Waals surface area (Å²) in [5, 5.41) is 17.9. The smallest absolute Gasteiger partial charge is 0.105 e. The lowest BCUT2D eigenvalue weighted by molar-refractivity contribution is -0.0295. The summed E-state index contributed by atoms with van der Waals surface area (Å²) in [6.45, 7) is 2.12. The van der Waals surface area contributed by atoms with Crippen LogP contribution in [0.2, 0.25) is 0 Å². The van der Waals surface area contributed by atoms with Gasteiger partial charge in [0, 0.05) is 0 Å². The number of hydrogen-bond acceptors (Lipinski definition) is 4. The van der Waals surface area contributed by atoms with Crippen molar-refractivity contribution in [2.45, 2.75) is 122 Å². The van der Waals surface area contributed by atoms with Crippen LogP contribution in [0.25, 0.3) is 0 Å². The van der Waals surface area contributed by atoms with Crippen molar-refractivity contribution in [2.24, 2.45) is 5.73 Å². The van der Waals surface area contributed by atoms with E-state index in [9.17, 15) is 5.11 Å². The minimum Gasteiger partial charge on any atom is -0.394 e. The van der Waals surface area contributed by atoms with Gasteiger partial charge in [-0.1, -0.05) is 96.8 Å². The molecule has 0 aliphatic heterocycles. The second-order valence-electron chi connectivity index (χ2n) is 7.45. The second-order valence-corrected chi connectivity index (χ2v) is 7.45. The van der Waals surface area contributed by atoms with Gasteiger partial charge in [0.1, 0.15) is 12.3 Å². The van der Waals surface area contributed by atoms with Gasteiger partial charge in [-0.25, -0.2) is 0 Å². The number of hydrogen-bond donors (Lipinski definition) is 3. The van der Waals surface area contributed by atoms with Crippen LogP contribution < -0.4 is 5.73 Å². The van der Waals surface area contributed by atoms with Gasteiger partial charge in [-0.3, -0.25) is 0 Å². The predicted molar refractivity (Wildman–Crippen MR) is 107 cm³/mol. The van der Waals surface area contributed by atoms with E-state index in [1.165, 1.54) is 89.9 Å². The van der Waals surface area contributed by atoms with Gasteiger partial charge in [0.25, 0.3) is 0 Å². The zero-order valence-corrected chi connectivity index (χ0v) is 16.8. The quantitative estimate of drug-likeness (QED) is 0.213. The number of rotatable bonds is 20. The van der Waals surface area contributed by atoms with Crippen molar-refractivity contribution in [3.8, 4) is 0 Å². The highest BCUT2D eigenvalue weighted by Gasteiger charge is 2.06. The molecule has 0 spiro atoms. The van der Waals surface area contributed by atoms with Crippen molar-refractivity contribution < 1.29 is 14.9 Å². The van der Waals surface area contributed by atoms with Crippen LogP contribution in [0.1, 0.15) is 110 Å². The SMILES string of the molecule is CCCCCCCCCCCCCCCCCC(N)OCC(O)CO. The summed E-state index contributed by atoms with van der Waals surface area (Å²) in [6, 6.07) is 0. The highest BCUT2D eigenvalue weighted by atomic mass is 16.5. The molecule has 0 aromatic carbocycles. The molecule has 0 amide bonds. The second kappa shape index (κ2) is 20.2. The molecule has 0 saturated carbocycles. The topological polar surface area (TPSA) is 75.7 Å². The fraction of sp³-hybridized carbons (Fsp3) is 1.00. The standard InChI is InChI=1S/C21H45NO3/c1-2-3-4-5-6-7-8-9-10-11-12-13-14-15-16-17-21(22)25-19-20(24)18-23/h20-21,23-24H,2-19,22H2,1H3. The molecule has 0 aliphatic carbocycles. The highest BCUT2D eigenvalue weighted by molar-refractivity contribution is 4.55. The molecule has 4 N–H and O–H groups in total. The third-order valence-electron chi connectivity index (χ3n) is 4.81. The Bertz CT molecular complexity index is 251. The van der Waals surface area contributed by atoms with E-state index in [1.54, 1.807) is 0 Å². The van der Waals surface area contributed by atoms with E-state index >= 15 is 0 Å². The molecule has 152 valence electrons. The molecule has 4 nitrogen and oxygen atoms in total. The van der Waals surface area contributed by atoms with Crippen molar-refractivity contribution in [1.82, 2.24) is 0 Å². The lowest BCUT2D eigenvalue weighted by atomic mass is 10.0. The Kier molecular flexibility index (Phi) is 20.0. The van der Waals surface area contributed by atoms with E-state index in [4.69, 9.17) is 15.6 Å². The lowest BCUT2D eigenvalue weighted by Gasteiger charge is -2.14. The van der Waals surface area contributed by atoms with Gasteiger partial charge in [-0.2, -0.15) is 0 Å². The molecule has 25 heavy (non-hydrogen) atoms. The average molecular weight is 360 g/mol. The Balaban J connectivity index is 3.11. The summed E-state index contributed by atoms with van der Waals surface area (Å²) in [5.74, 6) is 0. The van der Waals surface area contributed by atoms with Gasteiger partial charge in [-0.05, 0) is 12.8 Å². The van der Waals surface area contributed by atoms with Crippen molar-refractivity contribution in [2.75, 3.05) is 13.2 Å². The van der Waals surface area contributed by atoms with Gasteiger partial charge in [0.2, 0.25) is 0 Å². The Morgan fingerprint density at radius 2 is 1.12 bits per heavy atom. The number of aliphatic hydroxyl groups excluding tert-OH is 2. The molecule has 0 aromatic heterocycles. The van der Waals surface area contributed by atoms with Crippen molar-refractivity contribution in [1.29, 1.82) is 0 Å². The van der Waals surface area contributed by atoms with Crippen LogP contribution in [0.15, 0.2) is 0 Å². The summed E-state index contributed by atoms with van der Waals surface area (Å²) in [5.41, 5.74) is 5.82. The Labute approximate surface area is 156 Å². The molecular formula is C21H45NO3. The van der Waals surface area contributed by atoms with Crippen LogP contribution in [-0.4, -0.2) is 35.8 Å². The van der Waals surface area contributed by atoms with Gasteiger partial charge >= 0.3 is 0 Å². The van der Waals surface area contributed by atoms with Gasteiger partial charge in [-0.15, -0.1) is 0 Å². The molecule has 0 heterocycles. The van der Waals surface area contributed by atoms with Crippen LogP contribution in [-0.2, 0) is 4.74 Å². The number of unbranched alkanes of at least 4 members (excludes halogenated alkanes) is 14. The highest BCUT2D eigenvalue weighted by Crippen LogP contribution is 2.14. The molecule has 0 radical (unpaired) electrons. The maximum absolute atomic E-state index is 9.18. The van der Waals surface area contributed by atoms with E-state index in [0.717, 1.165) is 12.8 Å². The minimum absolute atomic E-state index is 0.121. The number of aliphatic hydroxyl groups is 2. The molecule has 0 aliphatic rings. The first-order chi connectivity index (χ1) is 12.2. The molecule has 0 rings (SSSR count). The lowest BCUT2D eigenvalue weighted by Crippen LogP contribution is -2.29. The van der Waals surface area contributed by atoms with Gasteiger partial charge in [0.15, 0.2) is 0 Å². The first-order valence-electron chi connectivity index (χ1n) is 10.9. The predicted octanol–water partition coefficient (Wildman–Crippen LogP) is 4.90. The molecule has 0 saturated heterocycles. The summed E-state index contributed by atoms with van der Waals surface area (Å²) < 4.78 is 5.28. The Morgan fingerprint density at radius 3 is 1.52 bits per heavy atom. The van der Waals surface area contributed by atoms with Gasteiger partial charge in [0.05, 0.1) is 13.2 Å². The van der Waals surface area contributed by atoms with Gasteiger partial charge < -0.3 is 20.7 Å². The molecule has 0 aromatic rings. The molecule has 4 heteroatoms. The summed E-state index contributed by atoms with van der Waals surface area (Å²) in [4.78, 5) is 0. The molecule has 2 unspecified atom stereocenters. The third-order valence-corrected chi connectivity index (χ3v) is 4.81. The fourth-order valence-electron chi connectivity index (χ4n) is 3.09. The van der Waals surface area contributed by atoms with Crippen LogP contribution >= 0.6 is 0 Å². The summed E-state index contributed by atoms with van der Waals surface area (Å²) >= 11 is 0. The zero-order chi connectivity index (χ0) is 18.6. The first kappa shape index (κ1) is 24.8. The maximum atomic E-state index is 9.18. The van der Waals surface area contributed by atoms with Crippen molar-refractivity contribution in [3.05, 3.63) is 0 Å². The monoisotopic (exact) mass is 359 g/mol. The summed E-state index contributed by atoms with van der Waals surface area (Å²) in [7, 11) is 0. The van der Waals surface area contributed by atoms with Crippen molar-refractivity contribution in [3.63, 3.8) is 0 Å². The third kappa shape index (κ3) is 20.0. The zero-order valence-electron chi connectivity index (χ0n) is 16.8. The van der Waals surface area contributed by atoms with Crippen LogP contribution in [0.5, 0.6) is 0 Å². The Hall–Kier alpha value is -0.160. The molecule has 0 fully saturated rings. The fourth-order valence-corrected chi connectivity index (χ4v) is 3.09. The van der Waals surface area contributed by atoms with E-state index in [1.807, 2.05) is 0 Å². The molecule has 0 bridgehead atoms. The van der Waals surface area contributed by atoms with Crippen LogP contribution in [0.3, 0.4) is 0 Å². The summed E-state index contributed by atoms with van der Waals surface area (Å²) in [6.07, 6.45) is 20.1. The van der Waals surface area contributed by atoms with Crippen LogP contribution in [0, 0.1) is 0 Å². The average Bonchev–Trinajstić information content (AvgIpc) is 2.62. The Morgan fingerprint density at radius 1 is 0.720 bits per heavy atom. The van der Waals surface area contributed by atoms with E-state index in [0.29, 0.717) is 0 Å². The molecular weight excluding hydrogens is 314 g/mol. The van der Waals surface area contributed by atoms with Crippen molar-refractivity contribution >= 4 is 0 Å². The van der Waals surface area contributed by atoms with E-state index in [2.05, 4.69) is 6.92 Å².